The summed E-state index contributed by atoms with van der Waals surface area (Å²) in [5.41, 5.74) is 1.53. The van der Waals surface area contributed by atoms with Gasteiger partial charge in [-0.1, -0.05) is 41.9 Å². The number of halogens is 1. The summed E-state index contributed by atoms with van der Waals surface area (Å²) >= 11 is 5.91. The Morgan fingerprint density at radius 1 is 1.15 bits per heavy atom. The zero-order valence-corrected chi connectivity index (χ0v) is 14.5. The Bertz CT molecular complexity index is 989. The van der Waals surface area contributed by atoms with Crippen LogP contribution in [0, 0.1) is 17.2 Å². The fourth-order valence-corrected chi connectivity index (χ4v) is 2.77. The number of benzene rings is 2. The SMILES string of the molecule is N#C[C@@H](C(=O)NCCc1ccccc1)C(=O)c1cc2cc(Cl)ccc2o1. The van der Waals surface area contributed by atoms with E-state index in [1.54, 1.807) is 24.3 Å². The number of carbonyl (C=O) groups is 2. The molecule has 0 radical (unpaired) electrons. The van der Waals surface area contributed by atoms with Crippen LogP contribution in [-0.2, 0) is 11.2 Å². The summed E-state index contributed by atoms with van der Waals surface area (Å²) in [4.78, 5) is 24.7. The van der Waals surface area contributed by atoms with Crippen molar-refractivity contribution in [1.82, 2.24) is 5.32 Å². The summed E-state index contributed by atoms with van der Waals surface area (Å²) < 4.78 is 5.45. The van der Waals surface area contributed by atoms with Crippen LogP contribution in [-0.4, -0.2) is 18.2 Å². The molecule has 130 valence electrons. The maximum Gasteiger partial charge on any atom is 0.245 e. The van der Waals surface area contributed by atoms with Gasteiger partial charge in [-0.25, -0.2) is 0 Å². The van der Waals surface area contributed by atoms with Crippen LogP contribution in [0.2, 0.25) is 5.02 Å². The minimum atomic E-state index is -1.46. The lowest BCUT2D eigenvalue weighted by Crippen LogP contribution is -2.35. The van der Waals surface area contributed by atoms with E-state index in [-0.39, 0.29) is 5.76 Å². The summed E-state index contributed by atoms with van der Waals surface area (Å²) in [7, 11) is 0. The van der Waals surface area contributed by atoms with Gasteiger partial charge in [-0.05, 0) is 36.2 Å². The number of ketones is 1. The first kappa shape index (κ1) is 17.7. The third kappa shape index (κ3) is 3.93. The van der Waals surface area contributed by atoms with E-state index in [2.05, 4.69) is 5.32 Å². The highest BCUT2D eigenvalue weighted by Crippen LogP contribution is 2.24. The molecule has 0 saturated heterocycles. The molecular formula is C20H15ClN2O3. The highest BCUT2D eigenvalue weighted by molar-refractivity contribution is 6.31. The van der Waals surface area contributed by atoms with Crippen molar-refractivity contribution in [1.29, 1.82) is 5.26 Å². The molecule has 0 saturated carbocycles. The van der Waals surface area contributed by atoms with E-state index in [1.165, 1.54) is 6.07 Å². The van der Waals surface area contributed by atoms with Crippen molar-refractivity contribution in [2.45, 2.75) is 6.42 Å². The van der Waals surface area contributed by atoms with Gasteiger partial charge in [0.25, 0.3) is 0 Å². The van der Waals surface area contributed by atoms with Crippen molar-refractivity contribution in [3.8, 4) is 6.07 Å². The van der Waals surface area contributed by atoms with Gasteiger partial charge < -0.3 is 9.73 Å². The minimum Gasteiger partial charge on any atom is -0.453 e. The summed E-state index contributed by atoms with van der Waals surface area (Å²) in [6, 6.07) is 17.8. The normalized spacial score (nSPS) is 11.7. The van der Waals surface area contributed by atoms with Gasteiger partial charge in [0.1, 0.15) is 5.58 Å². The van der Waals surface area contributed by atoms with Crippen LogP contribution in [0.5, 0.6) is 0 Å². The Kier molecular flexibility index (Phi) is 5.35. The molecule has 6 heteroatoms. The molecule has 0 spiro atoms. The lowest BCUT2D eigenvalue weighted by Gasteiger charge is -2.08. The summed E-state index contributed by atoms with van der Waals surface area (Å²) in [6.45, 7) is 0.337. The van der Waals surface area contributed by atoms with Gasteiger partial charge in [-0.15, -0.1) is 0 Å². The molecule has 5 nitrogen and oxygen atoms in total. The first-order valence-electron chi connectivity index (χ1n) is 8.03. The first-order valence-corrected chi connectivity index (χ1v) is 8.41. The fraction of sp³-hybridized carbons (Fsp3) is 0.150. The van der Waals surface area contributed by atoms with Crippen molar-refractivity contribution >= 4 is 34.3 Å². The van der Waals surface area contributed by atoms with Crippen LogP contribution in [0.3, 0.4) is 0 Å². The summed E-state index contributed by atoms with van der Waals surface area (Å²) in [5, 5.41) is 13.0. The van der Waals surface area contributed by atoms with Gasteiger partial charge in [0, 0.05) is 17.0 Å². The van der Waals surface area contributed by atoms with E-state index < -0.39 is 17.6 Å². The average Bonchev–Trinajstić information content (AvgIpc) is 3.06. The monoisotopic (exact) mass is 366 g/mol. The second-order valence-corrected chi connectivity index (χ2v) is 6.18. The average molecular weight is 367 g/mol. The number of fused-ring (bicyclic) bond motifs is 1. The number of Topliss-reactive ketones (excluding diaryl/α,β-unsaturated/α-hetero) is 1. The van der Waals surface area contributed by atoms with E-state index in [0.717, 1.165) is 5.56 Å². The predicted octanol–water partition coefficient (Wildman–Crippen LogP) is 3.77. The number of amides is 1. The predicted molar refractivity (Wildman–Crippen MR) is 97.8 cm³/mol. The second kappa shape index (κ2) is 7.85. The lowest BCUT2D eigenvalue weighted by atomic mass is 10.0. The molecule has 0 bridgehead atoms. The molecule has 2 aromatic carbocycles. The van der Waals surface area contributed by atoms with Crippen LogP contribution in [0.15, 0.2) is 59.0 Å². The van der Waals surface area contributed by atoms with Gasteiger partial charge in [0.2, 0.25) is 11.7 Å². The van der Waals surface area contributed by atoms with Crippen molar-refractivity contribution in [3.63, 3.8) is 0 Å². The quantitative estimate of drug-likeness (QED) is 0.531. The smallest absolute Gasteiger partial charge is 0.245 e. The molecule has 0 aliphatic heterocycles. The molecule has 3 rings (SSSR count). The van der Waals surface area contributed by atoms with Gasteiger partial charge in [0.15, 0.2) is 11.7 Å². The number of rotatable bonds is 6. The Hall–Kier alpha value is -3.10. The fourth-order valence-electron chi connectivity index (χ4n) is 2.59. The van der Waals surface area contributed by atoms with Crippen LogP contribution in [0.1, 0.15) is 16.1 Å². The van der Waals surface area contributed by atoms with E-state index >= 15 is 0 Å². The molecule has 1 aromatic heterocycles. The number of hydrogen-bond donors (Lipinski definition) is 1. The van der Waals surface area contributed by atoms with E-state index in [0.29, 0.717) is 29.0 Å². The number of nitriles is 1. The Labute approximate surface area is 155 Å². The van der Waals surface area contributed by atoms with Gasteiger partial charge >= 0.3 is 0 Å². The zero-order chi connectivity index (χ0) is 18.5. The first-order chi connectivity index (χ1) is 12.6. The van der Waals surface area contributed by atoms with Crippen LogP contribution < -0.4 is 5.32 Å². The largest absolute Gasteiger partial charge is 0.453 e. The van der Waals surface area contributed by atoms with E-state index in [4.69, 9.17) is 16.0 Å². The molecule has 0 fully saturated rings. The van der Waals surface area contributed by atoms with Crippen LogP contribution >= 0.6 is 11.6 Å². The van der Waals surface area contributed by atoms with Crippen molar-refractivity contribution in [3.05, 3.63) is 70.9 Å². The maximum atomic E-state index is 12.5. The number of carbonyl (C=O) groups excluding carboxylic acids is 2. The Balaban J connectivity index is 1.67. The number of nitrogens with zero attached hydrogens (tertiary/aromatic N) is 1. The topological polar surface area (TPSA) is 83.1 Å². The maximum absolute atomic E-state index is 12.5. The second-order valence-electron chi connectivity index (χ2n) is 5.75. The summed E-state index contributed by atoms with van der Waals surface area (Å²) in [6.07, 6.45) is 0.613. The standard InChI is InChI=1S/C20H15ClN2O3/c21-15-6-7-17-14(10-15)11-18(26-17)19(24)16(12-22)20(25)23-9-8-13-4-2-1-3-5-13/h1-7,10-11,16H,8-9H2,(H,23,25)/t16-/m1/s1. The van der Waals surface area contributed by atoms with E-state index in [1.807, 2.05) is 30.3 Å². The highest BCUT2D eigenvalue weighted by Gasteiger charge is 2.29. The molecule has 0 unspecified atom stereocenters. The molecule has 0 aliphatic rings. The molecule has 26 heavy (non-hydrogen) atoms. The van der Waals surface area contributed by atoms with Crippen molar-refractivity contribution < 1.29 is 14.0 Å². The van der Waals surface area contributed by atoms with Crippen LogP contribution in [0.25, 0.3) is 11.0 Å². The zero-order valence-electron chi connectivity index (χ0n) is 13.7. The molecule has 1 heterocycles. The van der Waals surface area contributed by atoms with Crippen molar-refractivity contribution in [2.24, 2.45) is 5.92 Å². The van der Waals surface area contributed by atoms with Crippen LogP contribution in [0.4, 0.5) is 0 Å². The number of nitrogens with one attached hydrogen (secondary N) is 1. The van der Waals surface area contributed by atoms with Crippen molar-refractivity contribution in [2.75, 3.05) is 6.54 Å². The molecule has 1 atom stereocenters. The van der Waals surface area contributed by atoms with Gasteiger partial charge in [-0.3, -0.25) is 9.59 Å². The number of hydrogen-bond acceptors (Lipinski definition) is 4. The number of furan rings is 1. The van der Waals surface area contributed by atoms with Gasteiger partial charge in [-0.2, -0.15) is 5.26 Å². The Morgan fingerprint density at radius 2 is 1.92 bits per heavy atom. The summed E-state index contributed by atoms with van der Waals surface area (Å²) in [5.74, 6) is -2.79. The Morgan fingerprint density at radius 3 is 2.65 bits per heavy atom. The van der Waals surface area contributed by atoms with Gasteiger partial charge in [0.05, 0.1) is 6.07 Å². The lowest BCUT2D eigenvalue weighted by molar-refractivity contribution is -0.122. The highest BCUT2D eigenvalue weighted by atomic mass is 35.5. The molecular weight excluding hydrogens is 352 g/mol. The minimum absolute atomic E-state index is 0.0352. The third-order valence-corrected chi connectivity index (χ3v) is 4.17. The molecule has 1 amide bonds. The third-order valence-electron chi connectivity index (χ3n) is 3.93. The van der Waals surface area contributed by atoms with E-state index in [9.17, 15) is 14.9 Å². The molecule has 3 aromatic rings. The molecule has 0 aliphatic carbocycles. The molecule has 1 N–H and O–H groups in total.